The number of fused-ring (bicyclic) bond motifs is 2. The minimum atomic E-state index is -4.33. The molecule has 2 aromatic rings. The molecule has 2 aliphatic rings. The Morgan fingerprint density at radius 2 is 1.27 bits per heavy atom. The van der Waals surface area contributed by atoms with Crippen molar-refractivity contribution in [1.29, 1.82) is 0 Å². The van der Waals surface area contributed by atoms with E-state index in [4.69, 9.17) is 0 Å². The van der Waals surface area contributed by atoms with Gasteiger partial charge in [-0.05, 0) is 74.6 Å². The first kappa shape index (κ1) is 35.9. The van der Waals surface area contributed by atoms with Crippen LogP contribution in [0, 0.1) is 0 Å². The van der Waals surface area contributed by atoms with Gasteiger partial charge < -0.3 is 54.3 Å². The second-order valence-corrected chi connectivity index (χ2v) is 10.4. The summed E-state index contributed by atoms with van der Waals surface area (Å²) in [7, 11) is 2.13. The van der Waals surface area contributed by atoms with E-state index in [0.29, 0.717) is 36.5 Å². The molecule has 0 bridgehead atoms. The number of rotatable bonds is 8. The third-order valence-corrected chi connectivity index (χ3v) is 7.25. The molecular formula is C29H32F3N3O8S. The summed E-state index contributed by atoms with van der Waals surface area (Å²) in [5.74, 6) is -6.19. The van der Waals surface area contributed by atoms with Gasteiger partial charge in [0.2, 0.25) is 0 Å². The third kappa shape index (κ3) is 12.5. The van der Waals surface area contributed by atoms with E-state index in [0.717, 1.165) is 54.6 Å². The van der Waals surface area contributed by atoms with Gasteiger partial charge in [0, 0.05) is 42.5 Å². The van der Waals surface area contributed by atoms with Gasteiger partial charge in [0.05, 0.1) is 40.8 Å². The molecule has 0 aromatic heterocycles. The lowest BCUT2D eigenvalue weighted by molar-refractivity contribution is -0.301. The SMILES string of the molecule is CN1CCN(CCCN2c3ccccc3Sc3ccc(C(F)(F)F)cc32)CC1.O=C([O-])/C=C\C(=O)[O-].O=C([O-])/C=C\C(=O)[O-].[H+].[H+].[H+].[H+]. The second-order valence-electron chi connectivity index (χ2n) is 9.34. The molecule has 11 nitrogen and oxygen atoms in total. The van der Waals surface area contributed by atoms with E-state index in [-0.39, 0.29) is 5.71 Å². The number of piperazine rings is 1. The number of para-hydroxylation sites is 1. The van der Waals surface area contributed by atoms with Crippen LogP contribution in [-0.4, -0.2) is 80.0 Å². The summed E-state index contributed by atoms with van der Waals surface area (Å²) in [6, 6.07) is 12.0. The average molecular weight is 640 g/mol. The first-order valence-electron chi connectivity index (χ1n) is 13.0. The van der Waals surface area contributed by atoms with Crippen molar-refractivity contribution < 1.29 is 58.5 Å². The molecule has 1 saturated heterocycles. The topological polar surface area (TPSA) is 170 Å². The predicted octanol–water partition coefficient (Wildman–Crippen LogP) is -0.520. The van der Waals surface area contributed by atoms with E-state index in [9.17, 15) is 52.8 Å². The molecule has 0 atom stereocenters. The van der Waals surface area contributed by atoms with Crippen molar-refractivity contribution in [2.24, 2.45) is 0 Å². The maximum absolute atomic E-state index is 13.3. The van der Waals surface area contributed by atoms with E-state index in [1.54, 1.807) is 17.8 Å². The van der Waals surface area contributed by atoms with Gasteiger partial charge in [-0.2, -0.15) is 13.2 Å². The van der Waals surface area contributed by atoms with E-state index in [2.05, 4.69) is 21.7 Å². The van der Waals surface area contributed by atoms with E-state index >= 15 is 0 Å². The highest BCUT2D eigenvalue weighted by Gasteiger charge is 2.33. The Morgan fingerprint density at radius 3 is 1.77 bits per heavy atom. The van der Waals surface area contributed by atoms with Gasteiger partial charge in [-0.1, -0.05) is 23.9 Å². The predicted molar refractivity (Wildman–Crippen MR) is 150 cm³/mol. The van der Waals surface area contributed by atoms with Crippen LogP contribution in [0.2, 0.25) is 0 Å². The third-order valence-electron chi connectivity index (χ3n) is 6.12. The highest BCUT2D eigenvalue weighted by molar-refractivity contribution is 7.99. The van der Waals surface area contributed by atoms with Crippen molar-refractivity contribution in [3.63, 3.8) is 0 Å². The summed E-state index contributed by atoms with van der Waals surface area (Å²) in [4.78, 5) is 46.5. The highest BCUT2D eigenvalue weighted by atomic mass is 32.2. The van der Waals surface area contributed by atoms with Crippen LogP contribution in [-0.2, 0) is 25.4 Å². The van der Waals surface area contributed by atoms with E-state index in [1.807, 2.05) is 24.3 Å². The van der Waals surface area contributed by atoms with Gasteiger partial charge in [-0.3, -0.25) is 0 Å². The fourth-order valence-corrected chi connectivity index (χ4v) is 5.12. The van der Waals surface area contributed by atoms with Crippen LogP contribution in [0.15, 0.2) is 76.6 Å². The maximum Gasteiger partial charge on any atom is 1.00 e. The van der Waals surface area contributed by atoms with Crippen molar-refractivity contribution in [2.45, 2.75) is 22.4 Å². The number of likely N-dealkylation sites (N-methyl/N-ethyl adjacent to an activating group) is 1. The highest BCUT2D eigenvalue weighted by Crippen LogP contribution is 2.49. The quantitative estimate of drug-likeness (QED) is 0.339. The van der Waals surface area contributed by atoms with Crippen LogP contribution in [0.25, 0.3) is 0 Å². The normalized spacial score (nSPS) is 15.0. The lowest BCUT2D eigenvalue weighted by Gasteiger charge is -2.35. The minimum Gasteiger partial charge on any atom is -0.545 e. The Morgan fingerprint density at radius 1 is 0.773 bits per heavy atom. The molecule has 0 spiro atoms. The summed E-state index contributed by atoms with van der Waals surface area (Å²) < 4.78 is 39.8. The minimum absolute atomic E-state index is 0. The van der Waals surface area contributed by atoms with E-state index in [1.165, 1.54) is 12.1 Å². The number of anilines is 2. The zero-order chi connectivity index (χ0) is 32.9. The molecule has 2 heterocycles. The number of hydrogen-bond donors (Lipinski definition) is 0. The van der Waals surface area contributed by atoms with E-state index < -0.39 is 35.6 Å². The molecule has 0 radical (unpaired) electrons. The second kappa shape index (κ2) is 17.1. The molecule has 0 unspecified atom stereocenters. The largest absolute Gasteiger partial charge is 1.00 e. The number of carbonyl (C=O) groups is 4. The monoisotopic (exact) mass is 639 g/mol. The Hall–Kier alpha value is -4.34. The van der Waals surface area contributed by atoms with Crippen LogP contribution in [0.5, 0.6) is 0 Å². The van der Waals surface area contributed by atoms with Crippen molar-refractivity contribution in [3.05, 3.63) is 72.3 Å². The summed E-state index contributed by atoms with van der Waals surface area (Å²) in [6.45, 7) is 5.92. The number of benzene rings is 2. The van der Waals surface area contributed by atoms with Crippen LogP contribution in [0.4, 0.5) is 24.5 Å². The lowest BCUT2D eigenvalue weighted by Crippen LogP contribution is -2.45. The Kier molecular flexibility index (Phi) is 13.9. The number of carboxylic acids is 4. The van der Waals surface area contributed by atoms with Crippen LogP contribution < -0.4 is 25.3 Å². The summed E-state index contributed by atoms with van der Waals surface area (Å²) in [5.41, 5.74) is 1.07. The summed E-state index contributed by atoms with van der Waals surface area (Å²) in [5, 5.41) is 37.7. The molecule has 0 saturated carbocycles. The molecule has 4 rings (SSSR count). The number of carbonyl (C=O) groups excluding carboxylic acids is 4. The number of hydrogen-bond acceptors (Lipinski definition) is 12. The molecule has 15 heteroatoms. The van der Waals surface area contributed by atoms with Crippen molar-refractivity contribution in [3.8, 4) is 0 Å². The van der Waals surface area contributed by atoms with Gasteiger partial charge >= 0.3 is 11.9 Å². The molecule has 1 fully saturated rings. The Balaban J connectivity index is -0.000000855. The van der Waals surface area contributed by atoms with Crippen LogP contribution >= 0.6 is 11.8 Å². The fourth-order valence-electron chi connectivity index (χ4n) is 4.04. The molecule has 0 amide bonds. The van der Waals surface area contributed by atoms with Gasteiger partial charge in [-0.15, -0.1) is 0 Å². The summed E-state index contributed by atoms with van der Waals surface area (Å²) in [6.07, 6.45) is -1.88. The van der Waals surface area contributed by atoms with Gasteiger partial charge in [0.1, 0.15) is 0 Å². The van der Waals surface area contributed by atoms with Crippen LogP contribution in [0.3, 0.4) is 0 Å². The fraction of sp³-hybridized carbons (Fsp3) is 0.310. The summed E-state index contributed by atoms with van der Waals surface area (Å²) >= 11 is 1.54. The van der Waals surface area contributed by atoms with Gasteiger partial charge in [-0.25, -0.2) is 0 Å². The molecule has 2 aromatic carbocycles. The van der Waals surface area contributed by atoms with Crippen molar-refractivity contribution in [1.82, 2.24) is 9.80 Å². The standard InChI is InChI=1S/C21H24F3N3S.2C4H4O4/c1-25-11-13-26(14-12-25)9-4-10-27-17-5-2-3-6-19(17)28-20-8-7-16(15-18(20)27)21(22,23)24;2*5-3(6)1-2-4(7)8/h2-3,5-8,15H,4,9-14H2,1H3;2*1-2H,(H,5,6)(H,7,8)/b;2*2-1-. The van der Waals surface area contributed by atoms with Gasteiger partial charge in [0.25, 0.3) is 0 Å². The number of aliphatic carboxylic acids is 4. The molecule has 44 heavy (non-hydrogen) atoms. The smallest absolute Gasteiger partial charge is 0.545 e. The molecular weight excluding hydrogens is 607 g/mol. The molecule has 238 valence electrons. The van der Waals surface area contributed by atoms with Crippen molar-refractivity contribution >= 4 is 47.0 Å². The zero-order valence-electron chi connectivity index (χ0n) is 27.5. The van der Waals surface area contributed by atoms with Gasteiger partial charge in [0.15, 0.2) is 0 Å². The first-order chi connectivity index (χ1) is 20.7. The first-order valence-corrected chi connectivity index (χ1v) is 13.9. The Bertz CT molecular complexity index is 1330. The molecule has 0 aliphatic carbocycles. The lowest BCUT2D eigenvalue weighted by atomic mass is 10.1. The Labute approximate surface area is 261 Å². The number of carboxylic acid groups (broad SMARTS) is 4. The molecule has 2 aliphatic heterocycles. The zero-order valence-corrected chi connectivity index (χ0v) is 24.3. The number of halogens is 3. The number of alkyl halides is 3. The average Bonchev–Trinajstić information content (AvgIpc) is 2.95. The van der Waals surface area contributed by atoms with Crippen LogP contribution in [0.1, 0.15) is 17.7 Å². The maximum atomic E-state index is 13.3. The number of nitrogens with zero attached hydrogens (tertiary/aromatic N) is 3. The molecule has 0 N–H and O–H groups in total. The van der Waals surface area contributed by atoms with Crippen molar-refractivity contribution in [2.75, 3.05) is 51.2 Å².